The van der Waals surface area contributed by atoms with Crippen LogP contribution in [-0.4, -0.2) is 91.6 Å². The van der Waals surface area contributed by atoms with Crippen LogP contribution >= 0.6 is 34.8 Å². The van der Waals surface area contributed by atoms with E-state index in [2.05, 4.69) is 50.8 Å². The Hall–Kier alpha value is -3.59. The molecule has 2 aliphatic rings. The van der Waals surface area contributed by atoms with Crippen molar-refractivity contribution in [2.45, 2.75) is 90.5 Å². The average molecular weight is 740 g/mol. The molecule has 4 aromatic heterocycles. The smallest absolute Gasteiger partial charge is 0.407 e. The highest BCUT2D eigenvalue weighted by Gasteiger charge is 2.26. The lowest BCUT2D eigenvalue weighted by Crippen LogP contribution is -2.46. The van der Waals surface area contributed by atoms with Crippen molar-refractivity contribution >= 4 is 74.9 Å². The Kier molecular flexibility index (Phi) is 13.2. The molecule has 2 aliphatic heterocycles. The van der Waals surface area contributed by atoms with Crippen LogP contribution in [0.5, 0.6) is 0 Å². The lowest BCUT2D eigenvalue weighted by atomic mass is 10.1. The molecule has 0 bridgehead atoms. The van der Waals surface area contributed by atoms with Gasteiger partial charge in [-0.3, -0.25) is 0 Å². The molecule has 0 aromatic carbocycles. The fraction of sp³-hybridized carbons (Fsp3) is 0.562. The van der Waals surface area contributed by atoms with Gasteiger partial charge in [0.2, 0.25) is 0 Å². The number of rotatable bonds is 3. The van der Waals surface area contributed by atoms with Crippen molar-refractivity contribution in [1.82, 2.24) is 45.9 Å². The maximum atomic E-state index is 11.9. The minimum Gasteiger partial charge on any atom is -0.444 e. The molecule has 0 radical (unpaired) electrons. The minimum absolute atomic E-state index is 0.107. The number of piperidine rings is 2. The van der Waals surface area contributed by atoms with E-state index in [1.54, 1.807) is 12.4 Å². The Bertz CT molecular complexity index is 1690. The number of carbonyl (C=O) groups excluding carboxylic acids is 2. The molecule has 2 fully saturated rings. The van der Waals surface area contributed by atoms with E-state index in [1.807, 2.05) is 41.5 Å². The van der Waals surface area contributed by atoms with Crippen LogP contribution in [0.2, 0.25) is 15.2 Å². The van der Waals surface area contributed by atoms with Crippen LogP contribution in [0.25, 0.3) is 22.1 Å². The number of aromatic nitrogens is 6. The molecule has 17 heteroatoms. The van der Waals surface area contributed by atoms with Crippen LogP contribution in [0.1, 0.15) is 67.2 Å². The van der Waals surface area contributed by atoms with Gasteiger partial charge in [0.25, 0.3) is 0 Å². The summed E-state index contributed by atoms with van der Waals surface area (Å²) in [6, 6.07) is 0.376. The fourth-order valence-electron chi connectivity index (χ4n) is 5.19. The fourth-order valence-corrected chi connectivity index (χ4v) is 5.93. The first-order valence-electron chi connectivity index (χ1n) is 16.1. The molecule has 0 unspecified atom stereocenters. The number of hydrogen-bond donors (Lipinski definition) is 5. The molecule has 0 saturated carbocycles. The van der Waals surface area contributed by atoms with E-state index < -0.39 is 11.2 Å². The summed E-state index contributed by atoms with van der Waals surface area (Å²) >= 11 is 17.8. The number of halogens is 3. The SMILES string of the molecule is CC(C)(C)OC(=O)NC1CCN(c2ncnc3[nH]cc(Cl)c23)CC1.CC(C)(C)OC(=O)NC1CCNCC1.Clc1c[nH]c2ncnc(Cl)c12. The zero-order valence-corrected chi connectivity index (χ0v) is 30.9. The average Bonchev–Trinajstić information content (AvgIpc) is 3.60. The molecular weight excluding hydrogens is 695 g/mol. The predicted octanol–water partition coefficient (Wildman–Crippen LogP) is 6.63. The topological polar surface area (TPSA) is 175 Å². The number of alkyl carbamates (subject to hydrolysis) is 2. The van der Waals surface area contributed by atoms with Gasteiger partial charge in [-0.2, -0.15) is 0 Å². The number of hydrogen-bond acceptors (Lipinski definition) is 10. The van der Waals surface area contributed by atoms with Gasteiger partial charge in [-0.05, 0) is 80.3 Å². The van der Waals surface area contributed by atoms with E-state index in [0.29, 0.717) is 26.2 Å². The van der Waals surface area contributed by atoms with E-state index in [9.17, 15) is 9.59 Å². The normalized spacial score (nSPS) is 15.9. The van der Waals surface area contributed by atoms with E-state index in [-0.39, 0.29) is 24.3 Å². The summed E-state index contributed by atoms with van der Waals surface area (Å²) in [6.45, 7) is 14.7. The van der Waals surface area contributed by atoms with Gasteiger partial charge in [0, 0.05) is 37.6 Å². The van der Waals surface area contributed by atoms with Crippen molar-refractivity contribution in [1.29, 1.82) is 0 Å². The number of ether oxygens (including phenoxy) is 2. The van der Waals surface area contributed by atoms with Gasteiger partial charge in [0.05, 0.1) is 20.8 Å². The van der Waals surface area contributed by atoms with Crippen LogP contribution in [0.3, 0.4) is 0 Å². The Morgan fingerprint density at radius 3 is 1.71 bits per heavy atom. The second-order valence-electron chi connectivity index (χ2n) is 13.7. The number of fused-ring (bicyclic) bond motifs is 2. The first kappa shape index (κ1) is 38.2. The van der Waals surface area contributed by atoms with E-state index >= 15 is 0 Å². The molecule has 49 heavy (non-hydrogen) atoms. The standard InChI is InChI=1S/C16H22ClN5O2.C10H20N2O2.C6H3Cl2N3/c1-16(2,3)24-15(23)21-10-4-6-22(7-5-10)14-12-11(17)8-18-13(12)19-9-20-14;1-10(2,3)14-9(13)12-8-4-6-11-7-5-8;7-3-1-9-6-4(3)5(8)10-2-11-6/h8-10H,4-7H2,1-3H3,(H,21,23)(H,18,19,20);8,11H,4-7H2,1-3H3,(H,12,13);1-2H,(H,9,10,11). The first-order chi connectivity index (χ1) is 23.1. The summed E-state index contributed by atoms with van der Waals surface area (Å²) in [4.78, 5) is 47.6. The second-order valence-corrected chi connectivity index (χ2v) is 14.8. The quantitative estimate of drug-likeness (QED) is 0.143. The maximum Gasteiger partial charge on any atom is 0.407 e. The lowest BCUT2D eigenvalue weighted by molar-refractivity contribution is 0.0484. The highest BCUT2D eigenvalue weighted by Crippen LogP contribution is 2.31. The van der Waals surface area contributed by atoms with Crippen molar-refractivity contribution in [2.75, 3.05) is 31.1 Å². The van der Waals surface area contributed by atoms with Gasteiger partial charge >= 0.3 is 12.2 Å². The molecular formula is C32H45Cl3N10O4. The predicted molar refractivity (Wildman–Crippen MR) is 193 cm³/mol. The number of nitrogens with one attached hydrogen (secondary N) is 5. The molecule has 6 rings (SSSR count). The van der Waals surface area contributed by atoms with E-state index in [0.717, 1.165) is 68.7 Å². The van der Waals surface area contributed by atoms with Gasteiger partial charge < -0.3 is 40.3 Å². The number of amides is 2. The van der Waals surface area contributed by atoms with Gasteiger partial charge in [0.1, 0.15) is 46.1 Å². The monoisotopic (exact) mass is 738 g/mol. The summed E-state index contributed by atoms with van der Waals surface area (Å²) in [5.41, 5.74) is 0.508. The van der Waals surface area contributed by atoms with Gasteiger partial charge in [-0.1, -0.05) is 34.8 Å². The van der Waals surface area contributed by atoms with Crippen LogP contribution in [0, 0.1) is 0 Å². The lowest BCUT2D eigenvalue weighted by Gasteiger charge is -2.33. The Morgan fingerprint density at radius 2 is 1.20 bits per heavy atom. The number of carbonyl (C=O) groups is 2. The van der Waals surface area contributed by atoms with Crippen LogP contribution in [-0.2, 0) is 9.47 Å². The van der Waals surface area contributed by atoms with Crippen LogP contribution in [0.15, 0.2) is 25.0 Å². The number of anilines is 1. The molecule has 2 amide bonds. The molecule has 268 valence electrons. The van der Waals surface area contributed by atoms with Gasteiger partial charge in [0.15, 0.2) is 0 Å². The van der Waals surface area contributed by atoms with Crippen LogP contribution < -0.4 is 20.9 Å². The molecule has 4 aromatic rings. The first-order valence-corrected chi connectivity index (χ1v) is 17.3. The summed E-state index contributed by atoms with van der Waals surface area (Å²) in [5, 5.41) is 12.1. The maximum absolute atomic E-state index is 11.9. The zero-order chi connectivity index (χ0) is 35.8. The Morgan fingerprint density at radius 1 is 0.735 bits per heavy atom. The van der Waals surface area contributed by atoms with Crippen molar-refractivity contribution in [3.8, 4) is 0 Å². The summed E-state index contributed by atoms with van der Waals surface area (Å²) in [7, 11) is 0. The third-order valence-electron chi connectivity index (χ3n) is 7.35. The Balaban J connectivity index is 0.000000183. The number of nitrogens with zero attached hydrogens (tertiary/aromatic N) is 5. The molecule has 5 N–H and O–H groups in total. The minimum atomic E-state index is -0.484. The molecule has 14 nitrogen and oxygen atoms in total. The van der Waals surface area contributed by atoms with E-state index in [1.165, 1.54) is 12.7 Å². The van der Waals surface area contributed by atoms with Crippen LogP contribution in [0.4, 0.5) is 15.4 Å². The van der Waals surface area contributed by atoms with Gasteiger partial charge in [-0.15, -0.1) is 0 Å². The third-order valence-corrected chi connectivity index (χ3v) is 8.24. The molecule has 6 heterocycles. The highest BCUT2D eigenvalue weighted by atomic mass is 35.5. The summed E-state index contributed by atoms with van der Waals surface area (Å²) in [6.07, 6.45) is 9.24. The van der Waals surface area contributed by atoms with Crippen molar-refractivity contribution in [3.63, 3.8) is 0 Å². The highest BCUT2D eigenvalue weighted by molar-refractivity contribution is 6.41. The zero-order valence-electron chi connectivity index (χ0n) is 28.6. The number of aromatic amines is 2. The second kappa shape index (κ2) is 16.9. The Labute approximate surface area is 300 Å². The molecule has 0 aliphatic carbocycles. The van der Waals surface area contributed by atoms with Crippen molar-refractivity contribution < 1.29 is 19.1 Å². The van der Waals surface area contributed by atoms with Crippen molar-refractivity contribution in [3.05, 3.63) is 40.2 Å². The largest absolute Gasteiger partial charge is 0.444 e. The van der Waals surface area contributed by atoms with E-state index in [4.69, 9.17) is 44.3 Å². The van der Waals surface area contributed by atoms with Gasteiger partial charge in [-0.25, -0.2) is 29.5 Å². The third kappa shape index (κ3) is 11.8. The van der Waals surface area contributed by atoms with Crippen molar-refractivity contribution in [2.24, 2.45) is 0 Å². The molecule has 2 saturated heterocycles. The molecule has 0 atom stereocenters. The molecule has 0 spiro atoms. The summed E-state index contributed by atoms with van der Waals surface area (Å²) < 4.78 is 10.5. The summed E-state index contributed by atoms with van der Waals surface area (Å²) in [5.74, 6) is 0.835. The number of H-pyrrole nitrogens is 2.